The molecule has 0 amide bonds. The fraction of sp³-hybridized carbons (Fsp3) is 0.308. The molecule has 26 heavy (non-hydrogen) atoms. The van der Waals surface area contributed by atoms with Gasteiger partial charge in [0, 0.05) is 0 Å². The van der Waals surface area contributed by atoms with Crippen LogP contribution in [0.5, 0.6) is 0 Å². The third kappa shape index (κ3) is 136. The van der Waals surface area contributed by atoms with Crippen LogP contribution in [0.15, 0.2) is 30.3 Å². The molecule has 0 bridgehead atoms. The Bertz CT molecular complexity index is 250. The van der Waals surface area contributed by atoms with Gasteiger partial charge in [0.2, 0.25) is 0 Å². The van der Waals surface area contributed by atoms with E-state index in [1.165, 1.54) is 5.56 Å². The normalized spacial score (nSPS) is 6.15. The minimum absolute atomic E-state index is 0. The molecule has 0 radical (unpaired) electrons. The van der Waals surface area contributed by atoms with Crippen LogP contribution in [0.4, 0.5) is 0 Å². The smallest absolute Gasteiger partial charge is 0.346 e. The van der Waals surface area contributed by atoms with Crippen LogP contribution in [0, 0.1) is 69.0 Å². The van der Waals surface area contributed by atoms with Crippen molar-refractivity contribution in [3.8, 4) is 0 Å². The molecule has 13 heteroatoms. The van der Waals surface area contributed by atoms with Crippen LogP contribution in [0.1, 0.15) is 26.3 Å². The van der Waals surface area contributed by atoms with Gasteiger partial charge in [-0.15, -0.1) is 0 Å². The number of hydrogen-bond donors (Lipinski definition) is 0. The van der Waals surface area contributed by atoms with E-state index in [0.717, 1.165) is 0 Å². The summed E-state index contributed by atoms with van der Waals surface area (Å²) in [6.45, 7) is 17.1. The quantitative estimate of drug-likeness (QED) is 0.185. The van der Waals surface area contributed by atoms with Gasteiger partial charge in [0.25, 0.3) is 0 Å². The number of halogens is 9. The third-order valence-electron chi connectivity index (χ3n) is 0.940. The second-order valence-electron chi connectivity index (χ2n) is 2.40. The summed E-state index contributed by atoms with van der Waals surface area (Å²) in [6, 6.07) is 10.3. The Hall–Kier alpha value is 4.79. The summed E-state index contributed by atoms with van der Waals surface area (Å²) in [5.74, 6) is 0. The van der Waals surface area contributed by atoms with E-state index in [1.807, 2.05) is 18.2 Å². The molecular formula is C13H23Al3Cl9Pr. The summed E-state index contributed by atoms with van der Waals surface area (Å²) < 4.78 is 0. The number of hydrogen-bond acceptors (Lipinski definition) is 0. The molecule has 0 fully saturated rings. The minimum atomic E-state index is -1.72. The molecule has 0 spiro atoms. The van der Waals surface area contributed by atoms with Crippen LogP contribution < -0.4 is 0 Å². The van der Waals surface area contributed by atoms with Crippen molar-refractivity contribution in [2.24, 2.45) is 0 Å². The minimum Gasteiger partial charge on any atom is -0.346 e. The summed E-state index contributed by atoms with van der Waals surface area (Å²) in [7, 11) is 44.5. The van der Waals surface area contributed by atoms with E-state index >= 15 is 0 Å². The van der Waals surface area contributed by atoms with Gasteiger partial charge >= 0.3 is 75.4 Å². The van der Waals surface area contributed by atoms with Crippen molar-refractivity contribution in [2.45, 2.75) is 27.7 Å². The van der Waals surface area contributed by atoms with Crippen LogP contribution in [-0.2, 0) is 0 Å². The van der Waals surface area contributed by atoms with Gasteiger partial charge in [0.1, 0.15) is 0 Å². The van der Waals surface area contributed by atoms with Crippen LogP contribution >= 0.6 is 90.4 Å². The Morgan fingerprint density at radius 1 is 0.538 bits per heavy atom. The first-order valence-electron chi connectivity index (χ1n) is 6.50. The molecule has 0 heterocycles. The molecule has 0 aliphatic heterocycles. The zero-order valence-electron chi connectivity index (χ0n) is 15.2. The average Bonchev–Trinajstić information content (AvgIpc) is 2.52. The molecule has 0 nitrogen and oxygen atoms in total. The third-order valence-corrected chi connectivity index (χ3v) is 0.940. The predicted octanol–water partition coefficient (Wildman–Crippen LogP) is 9.58. The summed E-state index contributed by atoms with van der Waals surface area (Å²) in [5.41, 5.74) is 1.32. The molecule has 1 aromatic carbocycles. The number of benzene rings is 1. The second kappa shape index (κ2) is 52.0. The zero-order valence-corrected chi connectivity index (χ0v) is 29.2. The Morgan fingerprint density at radius 2 is 0.692 bits per heavy atom. The van der Waals surface area contributed by atoms with Gasteiger partial charge in [-0.3, -0.25) is 0 Å². The Morgan fingerprint density at radius 3 is 0.769 bits per heavy atom. The summed E-state index contributed by atoms with van der Waals surface area (Å²) in [4.78, 5) is 0. The van der Waals surface area contributed by atoms with Crippen molar-refractivity contribution >= 4 is 125 Å². The Labute approximate surface area is 245 Å². The molecule has 0 aromatic heterocycles. The van der Waals surface area contributed by atoms with Crippen LogP contribution in [-0.4, -0.2) is 34.2 Å². The van der Waals surface area contributed by atoms with Gasteiger partial charge < -0.3 is 20.8 Å². The topological polar surface area (TPSA) is 0 Å². The van der Waals surface area contributed by atoms with Gasteiger partial charge in [-0.2, -0.15) is 20.8 Å². The second-order valence-corrected chi connectivity index (χ2v) is 21.7. The van der Waals surface area contributed by atoms with Crippen LogP contribution in [0.2, 0.25) is 0 Å². The van der Waals surface area contributed by atoms with Gasteiger partial charge in [0.05, 0.1) is 0 Å². The van der Waals surface area contributed by atoms with E-state index in [1.54, 1.807) is 20.8 Å². The molecule has 0 saturated carbocycles. The summed E-state index contributed by atoms with van der Waals surface area (Å²) in [6.07, 6.45) is 0. The SMILES string of the molecule is Cc1ccccc1.[CH2-]C.[CH2-]C.[CH2-]C.[Cl][Al]([Cl])[Cl].[Cl][Al]([Cl])[Cl].[Cl][Al]([Cl])[Cl].[Pr+3]. The van der Waals surface area contributed by atoms with Gasteiger partial charge in [0.15, 0.2) is 0 Å². The molecule has 1 aromatic rings. The van der Waals surface area contributed by atoms with E-state index in [4.69, 9.17) is 90.4 Å². The summed E-state index contributed by atoms with van der Waals surface area (Å²) in [5, 5.41) is 0. The van der Waals surface area contributed by atoms with Gasteiger partial charge in [-0.1, -0.05) is 35.9 Å². The maximum absolute atomic E-state index is 4.94. The van der Waals surface area contributed by atoms with E-state index in [-0.39, 0.29) is 41.3 Å². The van der Waals surface area contributed by atoms with Crippen LogP contribution in [0.25, 0.3) is 0 Å². The van der Waals surface area contributed by atoms with E-state index in [2.05, 4.69) is 39.8 Å². The molecule has 0 aliphatic rings. The molecule has 0 atom stereocenters. The van der Waals surface area contributed by atoms with Crippen molar-refractivity contribution in [3.63, 3.8) is 0 Å². The fourth-order valence-corrected chi connectivity index (χ4v) is 0.534. The zero-order chi connectivity index (χ0) is 21.8. The molecule has 150 valence electrons. The first-order valence-corrected chi connectivity index (χ1v) is 22.2. The van der Waals surface area contributed by atoms with Crippen molar-refractivity contribution < 1.29 is 41.3 Å². The molecule has 1 rings (SSSR count). The number of rotatable bonds is 0. The average molecular weight is 720 g/mol. The van der Waals surface area contributed by atoms with E-state index < -0.39 is 34.2 Å². The molecule has 0 N–H and O–H groups in total. The largest absolute Gasteiger partial charge is 3.00 e. The molecule has 0 aliphatic carbocycles. The number of aryl methyl sites for hydroxylation is 1. The van der Waals surface area contributed by atoms with Crippen molar-refractivity contribution in [3.05, 3.63) is 56.7 Å². The maximum Gasteiger partial charge on any atom is 3.00 e. The first-order chi connectivity index (χ1) is 11.6. The Balaban J connectivity index is -0.0000000343. The van der Waals surface area contributed by atoms with E-state index in [9.17, 15) is 0 Å². The van der Waals surface area contributed by atoms with Crippen molar-refractivity contribution in [1.29, 1.82) is 0 Å². The van der Waals surface area contributed by atoms with Gasteiger partial charge in [-0.25, -0.2) is 90.4 Å². The predicted molar refractivity (Wildman–Crippen MR) is 134 cm³/mol. The molecule has 0 saturated heterocycles. The Kier molecular flexibility index (Phi) is 96.6. The van der Waals surface area contributed by atoms with Crippen molar-refractivity contribution in [1.82, 2.24) is 0 Å². The summed E-state index contributed by atoms with van der Waals surface area (Å²) >= 11 is -5.17. The van der Waals surface area contributed by atoms with Gasteiger partial charge in [-0.05, 0) is 6.92 Å². The first kappa shape index (κ1) is 48.3. The molecular weight excluding hydrogens is 697 g/mol. The maximum atomic E-state index is 4.94. The molecule has 0 unspecified atom stereocenters. The monoisotopic (exact) mass is 716 g/mol. The standard InChI is InChI=1S/C7H8.3C2H5.3Al.9ClH.Pr/c1-7-5-3-2-4-6-7;3*1-2;;;;;;;;;;;;;/h2-6H,1H3;3*1H2,2H3;;;;9*1H;/q;3*-1;3*+3;;;;;;;;;;+3/p-9. The van der Waals surface area contributed by atoms with E-state index in [0.29, 0.717) is 0 Å². The van der Waals surface area contributed by atoms with Crippen LogP contribution in [0.3, 0.4) is 0 Å². The van der Waals surface area contributed by atoms with Crippen molar-refractivity contribution in [2.75, 3.05) is 0 Å². The fourth-order valence-electron chi connectivity index (χ4n) is 0.534.